The normalized spacial score (nSPS) is 10.8. The van der Waals surface area contributed by atoms with E-state index in [1.165, 1.54) is 5.56 Å². The van der Waals surface area contributed by atoms with Crippen LogP contribution in [0.2, 0.25) is 0 Å². The third-order valence-corrected chi connectivity index (χ3v) is 3.88. The van der Waals surface area contributed by atoms with Crippen LogP contribution in [0.1, 0.15) is 16.0 Å². The molecule has 0 unspecified atom stereocenters. The van der Waals surface area contributed by atoms with Gasteiger partial charge in [0.1, 0.15) is 5.75 Å². The molecule has 2 aromatic rings. The largest absolute Gasteiger partial charge is 0.495 e. The standard InChI is InChI=1S/C16H17NO2S/c1-11-4-5-14(19-3)13(10-11)17-16(18)7-6-15-12(2)8-9-20-15/h4-10H,1-3H3,(H,17,18)/b7-6+. The maximum atomic E-state index is 11.9. The molecular formula is C16H17NO2S. The van der Waals surface area contributed by atoms with Gasteiger partial charge in [-0.15, -0.1) is 11.3 Å². The summed E-state index contributed by atoms with van der Waals surface area (Å²) in [5.74, 6) is 0.492. The second-order valence-corrected chi connectivity index (χ2v) is 5.44. The van der Waals surface area contributed by atoms with Crippen molar-refractivity contribution in [2.75, 3.05) is 12.4 Å². The smallest absolute Gasteiger partial charge is 0.248 e. The van der Waals surface area contributed by atoms with E-state index in [4.69, 9.17) is 4.74 Å². The van der Waals surface area contributed by atoms with Crippen molar-refractivity contribution in [2.24, 2.45) is 0 Å². The van der Waals surface area contributed by atoms with E-state index in [1.807, 2.05) is 49.6 Å². The highest BCUT2D eigenvalue weighted by atomic mass is 32.1. The SMILES string of the molecule is COc1ccc(C)cc1NC(=O)/C=C/c1sccc1C. The molecule has 1 amide bonds. The summed E-state index contributed by atoms with van der Waals surface area (Å²) in [4.78, 5) is 13.0. The van der Waals surface area contributed by atoms with E-state index in [0.717, 1.165) is 10.4 Å². The van der Waals surface area contributed by atoms with Crippen LogP contribution in [0.3, 0.4) is 0 Å². The summed E-state index contributed by atoms with van der Waals surface area (Å²) < 4.78 is 5.23. The lowest BCUT2D eigenvalue weighted by Gasteiger charge is -2.09. The van der Waals surface area contributed by atoms with Gasteiger partial charge in [-0.2, -0.15) is 0 Å². The molecular weight excluding hydrogens is 270 g/mol. The van der Waals surface area contributed by atoms with Crippen LogP contribution in [0.15, 0.2) is 35.7 Å². The summed E-state index contributed by atoms with van der Waals surface area (Å²) in [6, 6.07) is 7.71. The van der Waals surface area contributed by atoms with Gasteiger partial charge in [-0.3, -0.25) is 4.79 Å². The zero-order valence-corrected chi connectivity index (χ0v) is 12.6. The molecule has 0 atom stereocenters. The number of amides is 1. The van der Waals surface area contributed by atoms with Crippen LogP contribution in [0, 0.1) is 13.8 Å². The number of nitrogens with one attached hydrogen (secondary N) is 1. The number of carbonyl (C=O) groups is 1. The molecule has 0 fully saturated rings. The van der Waals surface area contributed by atoms with Crippen LogP contribution in [0.5, 0.6) is 5.75 Å². The van der Waals surface area contributed by atoms with E-state index in [2.05, 4.69) is 5.32 Å². The molecule has 4 heteroatoms. The molecule has 0 aliphatic rings. The van der Waals surface area contributed by atoms with Gasteiger partial charge in [-0.05, 0) is 54.6 Å². The molecule has 104 valence electrons. The summed E-state index contributed by atoms with van der Waals surface area (Å²) in [5.41, 5.74) is 2.93. The molecule has 1 N–H and O–H groups in total. The Labute approximate surface area is 122 Å². The fraction of sp³-hybridized carbons (Fsp3) is 0.188. The molecule has 0 spiro atoms. The predicted octanol–water partition coefficient (Wildman–Crippen LogP) is 4.03. The number of methoxy groups -OCH3 is 1. The molecule has 1 aromatic heterocycles. The Hall–Kier alpha value is -2.07. The number of carbonyl (C=O) groups excluding carboxylic acids is 1. The number of rotatable bonds is 4. The first-order valence-corrected chi connectivity index (χ1v) is 7.16. The van der Waals surface area contributed by atoms with Crippen LogP contribution in [0.25, 0.3) is 6.08 Å². The van der Waals surface area contributed by atoms with Crippen molar-refractivity contribution in [3.63, 3.8) is 0 Å². The molecule has 0 aliphatic carbocycles. The number of ether oxygens (including phenoxy) is 1. The van der Waals surface area contributed by atoms with E-state index in [9.17, 15) is 4.79 Å². The zero-order valence-electron chi connectivity index (χ0n) is 11.8. The Balaban J connectivity index is 2.10. The Kier molecular flexibility index (Phi) is 4.58. The Bertz CT molecular complexity index is 644. The maximum Gasteiger partial charge on any atom is 0.248 e. The predicted molar refractivity (Wildman–Crippen MR) is 84.5 cm³/mol. The van der Waals surface area contributed by atoms with E-state index >= 15 is 0 Å². The first kappa shape index (κ1) is 14.3. The lowest BCUT2D eigenvalue weighted by molar-refractivity contribution is -0.111. The van der Waals surface area contributed by atoms with Gasteiger partial charge in [0.15, 0.2) is 0 Å². The average Bonchev–Trinajstić information content (AvgIpc) is 2.82. The number of thiophene rings is 1. The van der Waals surface area contributed by atoms with Crippen molar-refractivity contribution in [2.45, 2.75) is 13.8 Å². The molecule has 2 rings (SSSR count). The Morgan fingerprint density at radius 3 is 2.75 bits per heavy atom. The van der Waals surface area contributed by atoms with Gasteiger partial charge in [0, 0.05) is 11.0 Å². The van der Waals surface area contributed by atoms with Crippen LogP contribution in [0.4, 0.5) is 5.69 Å². The lowest BCUT2D eigenvalue weighted by Crippen LogP contribution is -2.09. The minimum absolute atomic E-state index is 0.165. The Morgan fingerprint density at radius 1 is 1.30 bits per heavy atom. The molecule has 0 radical (unpaired) electrons. The van der Waals surface area contributed by atoms with E-state index in [1.54, 1.807) is 24.5 Å². The van der Waals surface area contributed by atoms with Crippen molar-refractivity contribution in [1.82, 2.24) is 0 Å². The molecule has 0 saturated heterocycles. The second-order valence-electron chi connectivity index (χ2n) is 4.49. The van der Waals surface area contributed by atoms with Gasteiger partial charge < -0.3 is 10.1 Å². The summed E-state index contributed by atoms with van der Waals surface area (Å²) in [5, 5.41) is 4.85. The average molecular weight is 287 g/mol. The highest BCUT2D eigenvalue weighted by Crippen LogP contribution is 2.25. The first-order valence-electron chi connectivity index (χ1n) is 6.28. The summed E-state index contributed by atoms with van der Waals surface area (Å²) >= 11 is 1.62. The van der Waals surface area contributed by atoms with Crippen molar-refractivity contribution in [3.05, 3.63) is 51.7 Å². The molecule has 1 heterocycles. The molecule has 1 aromatic carbocycles. The van der Waals surface area contributed by atoms with Gasteiger partial charge >= 0.3 is 0 Å². The van der Waals surface area contributed by atoms with E-state index in [-0.39, 0.29) is 5.91 Å². The molecule has 20 heavy (non-hydrogen) atoms. The van der Waals surface area contributed by atoms with Gasteiger partial charge in [-0.1, -0.05) is 6.07 Å². The highest BCUT2D eigenvalue weighted by molar-refractivity contribution is 7.11. The lowest BCUT2D eigenvalue weighted by atomic mass is 10.2. The number of hydrogen-bond acceptors (Lipinski definition) is 3. The van der Waals surface area contributed by atoms with Crippen LogP contribution in [-0.2, 0) is 4.79 Å². The minimum atomic E-state index is -0.165. The number of benzene rings is 1. The highest BCUT2D eigenvalue weighted by Gasteiger charge is 2.05. The van der Waals surface area contributed by atoms with E-state index < -0.39 is 0 Å². The fourth-order valence-corrected chi connectivity index (χ4v) is 2.62. The minimum Gasteiger partial charge on any atom is -0.495 e. The number of anilines is 1. The summed E-state index contributed by atoms with van der Waals surface area (Å²) in [6.07, 6.45) is 3.37. The maximum absolute atomic E-state index is 11.9. The number of aryl methyl sites for hydroxylation is 2. The van der Waals surface area contributed by atoms with Crippen molar-refractivity contribution >= 4 is 29.0 Å². The van der Waals surface area contributed by atoms with Crippen molar-refractivity contribution in [1.29, 1.82) is 0 Å². The Morgan fingerprint density at radius 2 is 2.10 bits per heavy atom. The molecule has 0 saturated carbocycles. The van der Waals surface area contributed by atoms with Crippen LogP contribution >= 0.6 is 11.3 Å². The fourth-order valence-electron chi connectivity index (χ4n) is 1.80. The summed E-state index contributed by atoms with van der Waals surface area (Å²) in [6.45, 7) is 4.00. The van der Waals surface area contributed by atoms with Gasteiger partial charge in [-0.25, -0.2) is 0 Å². The molecule has 0 aliphatic heterocycles. The van der Waals surface area contributed by atoms with Gasteiger partial charge in [0.25, 0.3) is 0 Å². The van der Waals surface area contributed by atoms with Gasteiger partial charge in [0.05, 0.1) is 12.8 Å². The molecule has 0 bridgehead atoms. The van der Waals surface area contributed by atoms with E-state index in [0.29, 0.717) is 11.4 Å². The third-order valence-electron chi connectivity index (χ3n) is 2.90. The third kappa shape index (κ3) is 3.48. The zero-order chi connectivity index (χ0) is 14.5. The first-order chi connectivity index (χ1) is 9.60. The number of hydrogen-bond donors (Lipinski definition) is 1. The quantitative estimate of drug-likeness (QED) is 0.862. The van der Waals surface area contributed by atoms with Crippen LogP contribution < -0.4 is 10.1 Å². The summed E-state index contributed by atoms with van der Waals surface area (Å²) in [7, 11) is 1.59. The van der Waals surface area contributed by atoms with Gasteiger partial charge in [0.2, 0.25) is 5.91 Å². The molecule has 3 nitrogen and oxygen atoms in total. The topological polar surface area (TPSA) is 38.3 Å². The monoisotopic (exact) mass is 287 g/mol. The van der Waals surface area contributed by atoms with Crippen molar-refractivity contribution in [3.8, 4) is 5.75 Å². The second kappa shape index (κ2) is 6.39. The van der Waals surface area contributed by atoms with Crippen molar-refractivity contribution < 1.29 is 9.53 Å². The van der Waals surface area contributed by atoms with Crippen LogP contribution in [-0.4, -0.2) is 13.0 Å².